The monoisotopic (exact) mass is 598 g/mol. The molecular weight excluding hydrogens is 577 g/mol. The molecule has 0 saturated heterocycles. The predicted molar refractivity (Wildman–Crippen MR) is 187 cm³/mol. The highest BCUT2D eigenvalue weighted by molar-refractivity contribution is 7.26. The number of para-hydroxylation sites is 2. The molecule has 5 aromatic heterocycles. The molecule has 0 unspecified atom stereocenters. The highest BCUT2D eigenvalue weighted by Crippen LogP contribution is 2.43. The zero-order chi connectivity index (χ0) is 28.8. The summed E-state index contributed by atoms with van der Waals surface area (Å²) in [7, 11) is 0. The molecule has 10 rings (SSSR count). The Hall–Kier alpha value is -5.30. The van der Waals surface area contributed by atoms with Crippen molar-refractivity contribution in [2.45, 2.75) is 0 Å². The number of thiophene rings is 2. The number of aromatic nitrogens is 4. The maximum atomic E-state index is 5.44. The van der Waals surface area contributed by atoms with E-state index in [1.54, 1.807) is 11.3 Å². The van der Waals surface area contributed by atoms with Gasteiger partial charge in [-0.1, -0.05) is 78.9 Å². The third kappa shape index (κ3) is 3.32. The van der Waals surface area contributed by atoms with Gasteiger partial charge in [-0.05, 0) is 47.8 Å². The van der Waals surface area contributed by atoms with Gasteiger partial charge in [0.2, 0.25) is 5.95 Å². The van der Waals surface area contributed by atoms with Crippen LogP contribution in [-0.2, 0) is 0 Å². The van der Waals surface area contributed by atoms with Crippen LogP contribution in [0, 0.1) is 0 Å². The van der Waals surface area contributed by atoms with Gasteiger partial charge in [-0.15, -0.1) is 22.7 Å². The zero-order valence-electron chi connectivity index (χ0n) is 23.3. The summed E-state index contributed by atoms with van der Waals surface area (Å²) in [5, 5.41) is 9.34. The first-order valence-corrected chi connectivity index (χ1v) is 16.3. The SMILES string of the molecule is c1ccc(-n2ccc3c2ccc2c4ccccc4n(-c4nc(-c5cccc6c5sc5ccccc56)c5ccsc5n4)c23)cc1. The van der Waals surface area contributed by atoms with E-state index in [4.69, 9.17) is 9.97 Å². The molecule has 6 heteroatoms. The molecule has 0 bridgehead atoms. The third-order valence-electron chi connectivity index (χ3n) is 8.71. The van der Waals surface area contributed by atoms with Crippen LogP contribution in [0.4, 0.5) is 0 Å². The first kappa shape index (κ1) is 24.2. The minimum Gasteiger partial charge on any atom is -0.316 e. The molecule has 206 valence electrons. The van der Waals surface area contributed by atoms with E-state index in [1.165, 1.54) is 36.3 Å². The lowest BCUT2D eigenvalue weighted by atomic mass is 10.1. The number of benzene rings is 5. The van der Waals surface area contributed by atoms with Gasteiger partial charge in [0.05, 0.1) is 22.2 Å². The van der Waals surface area contributed by atoms with E-state index in [2.05, 4.69) is 142 Å². The van der Waals surface area contributed by atoms with Crippen LogP contribution in [0.5, 0.6) is 0 Å². The Bertz CT molecular complexity index is 2730. The summed E-state index contributed by atoms with van der Waals surface area (Å²) in [6.45, 7) is 0. The number of fused-ring (bicyclic) bond motifs is 9. The lowest BCUT2D eigenvalue weighted by molar-refractivity contribution is 1.02. The van der Waals surface area contributed by atoms with Crippen molar-refractivity contribution in [1.29, 1.82) is 0 Å². The van der Waals surface area contributed by atoms with Crippen molar-refractivity contribution in [3.63, 3.8) is 0 Å². The molecule has 44 heavy (non-hydrogen) atoms. The first-order valence-electron chi connectivity index (χ1n) is 14.6. The third-order valence-corrected chi connectivity index (χ3v) is 10.7. The van der Waals surface area contributed by atoms with Gasteiger partial charge in [0.1, 0.15) is 4.83 Å². The van der Waals surface area contributed by atoms with Crippen molar-refractivity contribution in [2.24, 2.45) is 0 Å². The Labute approximate surface area is 259 Å². The van der Waals surface area contributed by atoms with Gasteiger partial charge in [0.25, 0.3) is 0 Å². The summed E-state index contributed by atoms with van der Waals surface area (Å²) in [4.78, 5) is 11.7. The topological polar surface area (TPSA) is 35.6 Å². The fourth-order valence-corrected chi connectivity index (χ4v) is 8.76. The van der Waals surface area contributed by atoms with Gasteiger partial charge in [-0.25, -0.2) is 9.97 Å². The Morgan fingerprint density at radius 1 is 0.545 bits per heavy atom. The average Bonchev–Trinajstić information content (AvgIpc) is 3.87. The van der Waals surface area contributed by atoms with Crippen molar-refractivity contribution >= 4 is 85.8 Å². The highest BCUT2D eigenvalue weighted by atomic mass is 32.1. The summed E-state index contributed by atoms with van der Waals surface area (Å²) in [6, 6.07) is 43.3. The standard InChI is InChI=1S/C38H22N4S2/c1-2-9-23(10-3-1)41-21-19-28-31(41)18-17-26-24-11-4-6-15-32(24)42(35(26)28)38-39-34(30-20-22-43-37(30)40-38)29-14-8-13-27-25-12-5-7-16-33(25)44-36(27)29/h1-22H. The van der Waals surface area contributed by atoms with E-state index >= 15 is 0 Å². The van der Waals surface area contributed by atoms with Crippen LogP contribution in [-0.4, -0.2) is 19.1 Å². The predicted octanol–water partition coefficient (Wildman–Crippen LogP) is 10.8. The second-order valence-electron chi connectivity index (χ2n) is 11.1. The maximum Gasteiger partial charge on any atom is 0.236 e. The van der Waals surface area contributed by atoms with Crippen molar-refractivity contribution < 1.29 is 0 Å². The fourth-order valence-electron chi connectivity index (χ4n) is 6.78. The van der Waals surface area contributed by atoms with E-state index in [0.29, 0.717) is 5.95 Å². The summed E-state index contributed by atoms with van der Waals surface area (Å²) in [5.74, 6) is 0.694. The largest absolute Gasteiger partial charge is 0.316 e. The van der Waals surface area contributed by atoms with Crippen LogP contribution >= 0.6 is 22.7 Å². The Morgan fingerprint density at radius 3 is 2.30 bits per heavy atom. The highest BCUT2D eigenvalue weighted by Gasteiger charge is 2.21. The molecule has 0 fully saturated rings. The molecule has 4 nitrogen and oxygen atoms in total. The molecule has 10 aromatic rings. The van der Waals surface area contributed by atoms with Crippen LogP contribution in [0.1, 0.15) is 0 Å². The number of hydrogen-bond donors (Lipinski definition) is 0. The molecule has 0 atom stereocenters. The minimum atomic E-state index is 0.694. The Morgan fingerprint density at radius 2 is 1.36 bits per heavy atom. The van der Waals surface area contributed by atoms with Gasteiger partial charge in [0.15, 0.2) is 0 Å². The molecule has 0 aliphatic heterocycles. The molecule has 0 aliphatic rings. The first-order chi connectivity index (χ1) is 21.8. The fraction of sp³-hybridized carbons (Fsp3) is 0. The van der Waals surface area contributed by atoms with Gasteiger partial charge in [-0.3, -0.25) is 4.57 Å². The smallest absolute Gasteiger partial charge is 0.236 e. The van der Waals surface area contributed by atoms with Crippen molar-refractivity contribution in [3.05, 3.63) is 133 Å². The second kappa shape index (κ2) is 9.10. The van der Waals surface area contributed by atoms with Gasteiger partial charge in [0, 0.05) is 59.2 Å². The van der Waals surface area contributed by atoms with Crippen LogP contribution < -0.4 is 0 Å². The number of hydrogen-bond acceptors (Lipinski definition) is 4. The van der Waals surface area contributed by atoms with Crippen LogP contribution in [0.15, 0.2) is 133 Å². The van der Waals surface area contributed by atoms with E-state index in [0.717, 1.165) is 43.7 Å². The zero-order valence-corrected chi connectivity index (χ0v) is 24.9. The van der Waals surface area contributed by atoms with Crippen LogP contribution in [0.2, 0.25) is 0 Å². The van der Waals surface area contributed by atoms with Crippen molar-refractivity contribution in [3.8, 4) is 22.9 Å². The summed E-state index contributed by atoms with van der Waals surface area (Å²) >= 11 is 3.51. The Kier molecular flexibility index (Phi) is 5.00. The number of rotatable bonds is 3. The second-order valence-corrected chi connectivity index (χ2v) is 13.0. The minimum absolute atomic E-state index is 0.694. The molecule has 0 amide bonds. The van der Waals surface area contributed by atoms with E-state index < -0.39 is 0 Å². The van der Waals surface area contributed by atoms with Crippen molar-refractivity contribution in [1.82, 2.24) is 19.1 Å². The quantitative estimate of drug-likeness (QED) is 0.203. The summed E-state index contributed by atoms with van der Waals surface area (Å²) in [5.41, 5.74) is 6.64. The molecule has 0 aliphatic carbocycles. The molecular formula is C38H22N4S2. The molecule has 0 saturated carbocycles. The Balaban J connectivity index is 1.31. The van der Waals surface area contributed by atoms with Crippen LogP contribution in [0.3, 0.4) is 0 Å². The summed E-state index contributed by atoms with van der Waals surface area (Å²) in [6.07, 6.45) is 2.17. The van der Waals surface area contributed by atoms with Crippen molar-refractivity contribution in [2.75, 3.05) is 0 Å². The lowest BCUT2D eigenvalue weighted by Crippen LogP contribution is -2.03. The molecule has 0 N–H and O–H groups in total. The van der Waals surface area contributed by atoms with Gasteiger partial charge in [-0.2, -0.15) is 0 Å². The number of nitrogens with zero attached hydrogens (tertiary/aromatic N) is 4. The molecule has 0 spiro atoms. The maximum absolute atomic E-state index is 5.44. The summed E-state index contributed by atoms with van der Waals surface area (Å²) < 4.78 is 7.08. The van der Waals surface area contributed by atoms with E-state index in [1.807, 2.05) is 11.3 Å². The van der Waals surface area contributed by atoms with E-state index in [9.17, 15) is 0 Å². The van der Waals surface area contributed by atoms with Gasteiger partial charge >= 0.3 is 0 Å². The van der Waals surface area contributed by atoms with Crippen LogP contribution in [0.25, 0.3) is 86.0 Å². The molecule has 5 aromatic carbocycles. The molecule has 0 radical (unpaired) electrons. The van der Waals surface area contributed by atoms with E-state index in [-0.39, 0.29) is 0 Å². The van der Waals surface area contributed by atoms with Gasteiger partial charge < -0.3 is 4.57 Å². The average molecular weight is 599 g/mol. The lowest BCUT2D eigenvalue weighted by Gasteiger charge is -2.11. The molecule has 5 heterocycles. The normalized spacial score (nSPS) is 12.1.